The maximum absolute atomic E-state index is 12.0. The van der Waals surface area contributed by atoms with Gasteiger partial charge in [-0.05, 0) is 24.6 Å². The summed E-state index contributed by atoms with van der Waals surface area (Å²) in [7, 11) is -3.81. The van der Waals surface area contributed by atoms with E-state index in [9.17, 15) is 18.5 Å². The Hall–Kier alpha value is -2.33. The molecule has 1 heterocycles. The van der Waals surface area contributed by atoms with Crippen molar-refractivity contribution in [2.75, 3.05) is 6.54 Å². The van der Waals surface area contributed by atoms with E-state index in [0.717, 1.165) is 0 Å². The third-order valence-electron chi connectivity index (χ3n) is 3.13. The first-order chi connectivity index (χ1) is 10.8. The Bertz CT molecular complexity index is 700. The van der Waals surface area contributed by atoms with Gasteiger partial charge in [0.15, 0.2) is 0 Å². The van der Waals surface area contributed by atoms with Gasteiger partial charge in [0.05, 0.1) is 12.3 Å². The second-order valence-electron chi connectivity index (χ2n) is 4.64. The third-order valence-corrected chi connectivity index (χ3v) is 4.52. The number of hydrogen-bond acceptors (Lipinski definition) is 7. The van der Waals surface area contributed by atoms with Crippen LogP contribution in [0.15, 0.2) is 46.2 Å². The standard InChI is InChI=1S/C13H18N4O5S/c1-3-11(10(2)17(19)20)7-12(16-18)8-15-23(21,22)13-5-4-6-14-9-13/h4-7,9-10,15,18H,3,8H2,1-2H3/b11-7+,16-12+. The Morgan fingerprint density at radius 3 is 2.78 bits per heavy atom. The fraction of sp³-hybridized carbons (Fsp3) is 0.385. The second kappa shape index (κ2) is 8.34. The minimum atomic E-state index is -3.81. The summed E-state index contributed by atoms with van der Waals surface area (Å²) in [6.45, 7) is 2.83. The fourth-order valence-electron chi connectivity index (χ4n) is 1.74. The lowest BCUT2D eigenvalue weighted by Gasteiger charge is -2.09. The van der Waals surface area contributed by atoms with Gasteiger partial charge >= 0.3 is 0 Å². The van der Waals surface area contributed by atoms with E-state index in [-0.39, 0.29) is 17.2 Å². The zero-order valence-electron chi connectivity index (χ0n) is 12.7. The van der Waals surface area contributed by atoms with Crippen LogP contribution in [0.1, 0.15) is 20.3 Å². The molecule has 0 amide bonds. The summed E-state index contributed by atoms with van der Waals surface area (Å²) in [5.41, 5.74) is 0.395. The number of nitrogens with one attached hydrogen (secondary N) is 1. The number of sulfonamides is 1. The van der Waals surface area contributed by atoms with E-state index in [1.807, 2.05) is 0 Å². The summed E-state index contributed by atoms with van der Waals surface area (Å²) in [6.07, 6.45) is 4.31. The zero-order valence-corrected chi connectivity index (χ0v) is 13.5. The minimum Gasteiger partial charge on any atom is -0.411 e. The molecule has 0 aliphatic heterocycles. The van der Waals surface area contributed by atoms with Crippen LogP contribution in [-0.4, -0.2) is 41.8 Å². The maximum Gasteiger partial charge on any atom is 0.242 e. The molecule has 2 N–H and O–H groups in total. The molecule has 9 nitrogen and oxygen atoms in total. The number of nitro groups is 1. The van der Waals surface area contributed by atoms with Gasteiger partial charge in [0.1, 0.15) is 4.90 Å². The van der Waals surface area contributed by atoms with E-state index in [1.54, 1.807) is 6.92 Å². The smallest absolute Gasteiger partial charge is 0.242 e. The molecule has 0 fully saturated rings. The summed E-state index contributed by atoms with van der Waals surface area (Å²) in [5.74, 6) is 0. The van der Waals surface area contributed by atoms with Crippen molar-refractivity contribution in [3.8, 4) is 0 Å². The number of oxime groups is 1. The van der Waals surface area contributed by atoms with Crippen molar-refractivity contribution in [2.45, 2.75) is 31.2 Å². The Morgan fingerprint density at radius 1 is 1.61 bits per heavy atom. The highest BCUT2D eigenvalue weighted by Gasteiger charge is 2.19. The van der Waals surface area contributed by atoms with E-state index < -0.39 is 21.0 Å². The fourth-order valence-corrected chi connectivity index (χ4v) is 2.70. The van der Waals surface area contributed by atoms with E-state index in [0.29, 0.717) is 12.0 Å². The van der Waals surface area contributed by atoms with Crippen molar-refractivity contribution in [3.05, 3.63) is 46.3 Å². The van der Waals surface area contributed by atoms with Crippen LogP contribution in [0.2, 0.25) is 0 Å². The lowest BCUT2D eigenvalue weighted by atomic mass is 10.0. The molecule has 10 heteroatoms. The van der Waals surface area contributed by atoms with Gasteiger partial charge in [0, 0.05) is 29.8 Å². The topological polar surface area (TPSA) is 135 Å². The predicted molar refractivity (Wildman–Crippen MR) is 83.5 cm³/mol. The highest BCUT2D eigenvalue weighted by Crippen LogP contribution is 2.11. The van der Waals surface area contributed by atoms with Gasteiger partial charge in [-0.15, -0.1) is 0 Å². The van der Waals surface area contributed by atoms with Gasteiger partial charge in [-0.25, -0.2) is 13.1 Å². The van der Waals surface area contributed by atoms with Crippen LogP contribution in [0.25, 0.3) is 0 Å². The molecular formula is C13H18N4O5S. The quantitative estimate of drug-likeness (QED) is 0.315. The molecule has 0 aliphatic rings. The third kappa shape index (κ3) is 5.42. The lowest BCUT2D eigenvalue weighted by Crippen LogP contribution is -2.30. The van der Waals surface area contributed by atoms with E-state index in [4.69, 9.17) is 5.21 Å². The van der Waals surface area contributed by atoms with Crippen molar-refractivity contribution >= 4 is 15.7 Å². The molecule has 126 valence electrons. The number of rotatable bonds is 8. The highest BCUT2D eigenvalue weighted by atomic mass is 32.2. The predicted octanol–water partition coefficient (Wildman–Crippen LogP) is 1.19. The number of aromatic nitrogens is 1. The van der Waals surface area contributed by atoms with Crippen molar-refractivity contribution < 1.29 is 18.5 Å². The molecular weight excluding hydrogens is 324 g/mol. The summed E-state index contributed by atoms with van der Waals surface area (Å²) in [6, 6.07) is 1.89. The van der Waals surface area contributed by atoms with E-state index in [1.165, 1.54) is 37.5 Å². The second-order valence-corrected chi connectivity index (χ2v) is 6.41. The minimum absolute atomic E-state index is 0.0250. The Labute approximate surface area is 133 Å². The monoisotopic (exact) mass is 342 g/mol. The Morgan fingerprint density at radius 2 is 2.30 bits per heavy atom. The van der Waals surface area contributed by atoms with E-state index in [2.05, 4.69) is 14.9 Å². The zero-order chi connectivity index (χ0) is 17.5. The molecule has 1 aromatic rings. The molecule has 0 aromatic carbocycles. The van der Waals surface area contributed by atoms with Crippen LogP contribution in [0.4, 0.5) is 0 Å². The first-order valence-electron chi connectivity index (χ1n) is 6.76. The van der Waals surface area contributed by atoms with Crippen molar-refractivity contribution in [3.63, 3.8) is 0 Å². The molecule has 1 atom stereocenters. The van der Waals surface area contributed by atoms with Crippen molar-refractivity contribution in [1.29, 1.82) is 0 Å². The molecule has 0 saturated heterocycles. The normalized spacial score (nSPS) is 14.5. The summed E-state index contributed by atoms with van der Waals surface area (Å²) in [4.78, 5) is 14.0. The molecule has 0 spiro atoms. The molecule has 0 bridgehead atoms. The van der Waals surface area contributed by atoms with Gasteiger partial charge in [0.2, 0.25) is 16.1 Å². The number of nitrogens with zero attached hydrogens (tertiary/aromatic N) is 3. The maximum atomic E-state index is 12.0. The van der Waals surface area contributed by atoms with E-state index >= 15 is 0 Å². The first kappa shape index (κ1) is 18.7. The van der Waals surface area contributed by atoms with Crippen LogP contribution in [0, 0.1) is 10.1 Å². The average molecular weight is 342 g/mol. The number of hydrogen-bond donors (Lipinski definition) is 2. The molecule has 0 saturated carbocycles. The number of pyridine rings is 1. The summed E-state index contributed by atoms with van der Waals surface area (Å²) < 4.78 is 26.3. The van der Waals surface area contributed by atoms with Crippen LogP contribution >= 0.6 is 0 Å². The van der Waals surface area contributed by atoms with Gasteiger partial charge in [-0.3, -0.25) is 15.1 Å². The average Bonchev–Trinajstić information content (AvgIpc) is 2.55. The SMILES string of the molecule is CC/C(=C\C(CNS(=O)(=O)c1cccnc1)=N/O)C(C)[N+](=O)[O-]. The largest absolute Gasteiger partial charge is 0.411 e. The molecule has 1 rings (SSSR count). The first-order valence-corrected chi connectivity index (χ1v) is 8.24. The molecule has 23 heavy (non-hydrogen) atoms. The van der Waals surface area contributed by atoms with Gasteiger partial charge in [-0.1, -0.05) is 12.1 Å². The van der Waals surface area contributed by atoms with Crippen molar-refractivity contribution in [2.24, 2.45) is 5.16 Å². The Balaban J connectivity index is 2.88. The molecule has 1 unspecified atom stereocenters. The van der Waals surface area contributed by atoms with Crippen LogP contribution < -0.4 is 4.72 Å². The van der Waals surface area contributed by atoms with Gasteiger partial charge in [-0.2, -0.15) is 0 Å². The van der Waals surface area contributed by atoms with Crippen LogP contribution in [0.3, 0.4) is 0 Å². The van der Waals surface area contributed by atoms with Crippen LogP contribution in [0.5, 0.6) is 0 Å². The molecule has 1 aromatic heterocycles. The summed E-state index contributed by atoms with van der Waals surface area (Å²) >= 11 is 0. The summed E-state index contributed by atoms with van der Waals surface area (Å²) in [5, 5.41) is 22.8. The van der Waals surface area contributed by atoms with Gasteiger partial charge < -0.3 is 5.21 Å². The Kier molecular flexibility index (Phi) is 6.79. The highest BCUT2D eigenvalue weighted by molar-refractivity contribution is 7.89. The lowest BCUT2D eigenvalue weighted by molar-refractivity contribution is -0.507. The molecule has 0 aliphatic carbocycles. The molecule has 0 radical (unpaired) electrons. The van der Waals surface area contributed by atoms with Crippen molar-refractivity contribution in [1.82, 2.24) is 9.71 Å². The van der Waals surface area contributed by atoms with Gasteiger partial charge in [0.25, 0.3) is 0 Å². The van der Waals surface area contributed by atoms with Crippen LogP contribution in [-0.2, 0) is 10.0 Å².